The second-order valence-corrected chi connectivity index (χ2v) is 7.61. The Morgan fingerprint density at radius 1 is 1.26 bits per heavy atom. The van der Waals surface area contributed by atoms with Crippen molar-refractivity contribution >= 4 is 29.0 Å². The lowest BCUT2D eigenvalue weighted by atomic mass is 10.2. The van der Waals surface area contributed by atoms with Crippen molar-refractivity contribution in [1.29, 1.82) is 0 Å². The van der Waals surface area contributed by atoms with Crippen LogP contribution in [0.15, 0.2) is 45.4 Å². The summed E-state index contributed by atoms with van der Waals surface area (Å²) >= 11 is 2.78. The highest BCUT2D eigenvalue weighted by atomic mass is 32.2. The van der Waals surface area contributed by atoms with Gasteiger partial charge in [0.15, 0.2) is 11.5 Å². The van der Waals surface area contributed by atoms with Crippen molar-refractivity contribution in [2.75, 3.05) is 19.1 Å². The van der Waals surface area contributed by atoms with E-state index in [4.69, 9.17) is 13.9 Å². The van der Waals surface area contributed by atoms with E-state index in [0.717, 1.165) is 21.9 Å². The number of aromatic nitrogens is 2. The van der Waals surface area contributed by atoms with Gasteiger partial charge in [0.2, 0.25) is 12.7 Å². The first-order valence-electron chi connectivity index (χ1n) is 8.39. The van der Waals surface area contributed by atoms with Crippen LogP contribution in [0.4, 0.5) is 0 Å². The lowest BCUT2D eigenvalue weighted by molar-refractivity contribution is -0.128. The number of hydrogen-bond donors (Lipinski definition) is 0. The van der Waals surface area contributed by atoms with Crippen molar-refractivity contribution < 1.29 is 18.7 Å². The van der Waals surface area contributed by atoms with E-state index in [1.165, 1.54) is 23.1 Å². The Morgan fingerprint density at radius 2 is 2.15 bits per heavy atom. The summed E-state index contributed by atoms with van der Waals surface area (Å²) in [5, 5.41) is 10.4. The smallest absolute Gasteiger partial charge is 0.277 e. The van der Waals surface area contributed by atoms with Gasteiger partial charge in [0.1, 0.15) is 0 Å². The van der Waals surface area contributed by atoms with Gasteiger partial charge in [0, 0.05) is 13.1 Å². The molecule has 0 radical (unpaired) electrons. The second kappa shape index (κ2) is 8.01. The van der Waals surface area contributed by atoms with Crippen LogP contribution in [0.1, 0.15) is 12.5 Å². The largest absolute Gasteiger partial charge is 0.454 e. The molecule has 1 aromatic carbocycles. The van der Waals surface area contributed by atoms with Crippen LogP contribution in [-0.2, 0) is 11.3 Å². The van der Waals surface area contributed by atoms with E-state index >= 15 is 0 Å². The molecule has 0 aliphatic carbocycles. The molecule has 0 atom stereocenters. The number of rotatable bonds is 7. The van der Waals surface area contributed by atoms with Gasteiger partial charge in [-0.05, 0) is 36.1 Å². The van der Waals surface area contributed by atoms with Gasteiger partial charge in [0.25, 0.3) is 11.1 Å². The molecule has 140 valence electrons. The third kappa shape index (κ3) is 4.09. The van der Waals surface area contributed by atoms with Gasteiger partial charge < -0.3 is 18.8 Å². The molecule has 0 bridgehead atoms. The van der Waals surface area contributed by atoms with Gasteiger partial charge >= 0.3 is 0 Å². The van der Waals surface area contributed by atoms with Crippen molar-refractivity contribution in [3.63, 3.8) is 0 Å². The number of ether oxygens (including phenoxy) is 2. The minimum absolute atomic E-state index is 0.0102. The number of benzene rings is 1. The second-order valence-electron chi connectivity index (χ2n) is 5.73. The Bertz CT molecular complexity index is 927. The maximum atomic E-state index is 12.6. The SMILES string of the molecule is CCN(Cc1ccc2c(c1)OCO2)C(=O)CSc1nnc(-c2cccs2)o1. The molecule has 2 aromatic heterocycles. The van der Waals surface area contributed by atoms with Crippen LogP contribution in [0.25, 0.3) is 10.8 Å². The van der Waals surface area contributed by atoms with Crippen LogP contribution in [0.2, 0.25) is 0 Å². The molecule has 27 heavy (non-hydrogen) atoms. The molecule has 1 aliphatic heterocycles. The minimum Gasteiger partial charge on any atom is -0.454 e. The van der Waals surface area contributed by atoms with E-state index in [9.17, 15) is 4.79 Å². The molecule has 1 amide bonds. The van der Waals surface area contributed by atoms with Gasteiger partial charge in [-0.25, -0.2) is 0 Å². The molecule has 0 unspecified atom stereocenters. The van der Waals surface area contributed by atoms with E-state index in [2.05, 4.69) is 10.2 Å². The first kappa shape index (κ1) is 17.9. The van der Waals surface area contributed by atoms with Gasteiger partial charge in [-0.15, -0.1) is 21.5 Å². The monoisotopic (exact) mass is 403 g/mol. The zero-order valence-corrected chi connectivity index (χ0v) is 16.2. The standard InChI is InChI=1S/C18H17N3O4S2/c1-2-21(9-12-5-6-13-14(8-12)24-11-23-13)16(22)10-27-18-20-19-17(25-18)15-4-3-7-26-15/h3-8H,2,9-11H2,1H3. The Morgan fingerprint density at radius 3 is 2.96 bits per heavy atom. The van der Waals surface area contributed by atoms with Crippen LogP contribution >= 0.6 is 23.1 Å². The maximum absolute atomic E-state index is 12.6. The van der Waals surface area contributed by atoms with E-state index in [1.54, 1.807) is 4.90 Å². The number of carbonyl (C=O) groups excluding carboxylic acids is 1. The fraction of sp³-hybridized carbons (Fsp3) is 0.278. The molecule has 0 fully saturated rings. The third-order valence-corrected chi connectivity index (χ3v) is 5.66. The number of thioether (sulfide) groups is 1. The fourth-order valence-corrected chi connectivity index (χ4v) is 3.93. The number of fused-ring (bicyclic) bond motifs is 1. The third-order valence-electron chi connectivity index (χ3n) is 4.00. The maximum Gasteiger partial charge on any atom is 0.277 e. The number of carbonyl (C=O) groups is 1. The van der Waals surface area contributed by atoms with Crippen molar-refractivity contribution in [1.82, 2.24) is 15.1 Å². The highest BCUT2D eigenvalue weighted by molar-refractivity contribution is 7.99. The predicted molar refractivity (Wildman–Crippen MR) is 102 cm³/mol. The molecule has 0 saturated carbocycles. The molecule has 4 rings (SSSR count). The van der Waals surface area contributed by atoms with Crippen LogP contribution in [0.3, 0.4) is 0 Å². The van der Waals surface area contributed by atoms with Crippen molar-refractivity contribution in [3.05, 3.63) is 41.3 Å². The van der Waals surface area contributed by atoms with Gasteiger partial charge in [-0.3, -0.25) is 4.79 Å². The Labute approximate surface area is 164 Å². The number of amides is 1. The topological polar surface area (TPSA) is 77.7 Å². The van der Waals surface area contributed by atoms with Crippen LogP contribution < -0.4 is 9.47 Å². The molecule has 3 heterocycles. The summed E-state index contributed by atoms with van der Waals surface area (Å²) in [6, 6.07) is 9.58. The normalized spacial score (nSPS) is 12.3. The van der Waals surface area contributed by atoms with Crippen LogP contribution in [-0.4, -0.2) is 40.1 Å². The quantitative estimate of drug-likeness (QED) is 0.557. The minimum atomic E-state index is 0.0102. The van der Waals surface area contributed by atoms with E-state index in [-0.39, 0.29) is 18.5 Å². The van der Waals surface area contributed by atoms with Crippen molar-refractivity contribution in [2.24, 2.45) is 0 Å². The predicted octanol–water partition coefficient (Wildman–Crippen LogP) is 3.67. The lowest BCUT2D eigenvalue weighted by Gasteiger charge is -2.20. The van der Waals surface area contributed by atoms with Gasteiger partial charge in [0.05, 0.1) is 10.6 Å². The van der Waals surface area contributed by atoms with E-state index in [0.29, 0.717) is 24.2 Å². The molecule has 3 aromatic rings. The van der Waals surface area contributed by atoms with Crippen LogP contribution in [0.5, 0.6) is 11.5 Å². The first-order valence-corrected chi connectivity index (χ1v) is 10.3. The summed E-state index contributed by atoms with van der Waals surface area (Å²) < 4.78 is 16.3. The molecule has 7 nitrogen and oxygen atoms in total. The summed E-state index contributed by atoms with van der Waals surface area (Å²) in [4.78, 5) is 15.3. The molecule has 0 N–H and O–H groups in total. The fourth-order valence-electron chi connectivity index (χ4n) is 2.62. The molecule has 9 heteroatoms. The summed E-state index contributed by atoms with van der Waals surface area (Å²) in [7, 11) is 0. The molecular formula is C18H17N3O4S2. The van der Waals surface area contributed by atoms with Gasteiger partial charge in [-0.1, -0.05) is 23.9 Å². The summed E-state index contributed by atoms with van der Waals surface area (Å²) in [5.74, 6) is 2.19. The summed E-state index contributed by atoms with van der Waals surface area (Å²) in [5.41, 5.74) is 0.997. The molecule has 1 aliphatic rings. The molecular weight excluding hydrogens is 386 g/mol. The van der Waals surface area contributed by atoms with Gasteiger partial charge in [-0.2, -0.15) is 0 Å². The number of thiophene rings is 1. The molecule has 0 spiro atoms. The van der Waals surface area contributed by atoms with Crippen molar-refractivity contribution in [3.8, 4) is 22.3 Å². The Balaban J connectivity index is 1.35. The Kier molecular flexibility index (Phi) is 5.30. The highest BCUT2D eigenvalue weighted by Gasteiger charge is 2.18. The average molecular weight is 403 g/mol. The zero-order chi connectivity index (χ0) is 18.6. The van der Waals surface area contributed by atoms with Crippen LogP contribution in [0, 0.1) is 0 Å². The Hall–Kier alpha value is -2.52. The first-order chi connectivity index (χ1) is 13.2. The highest BCUT2D eigenvalue weighted by Crippen LogP contribution is 2.33. The van der Waals surface area contributed by atoms with E-state index in [1.807, 2.05) is 42.6 Å². The lowest BCUT2D eigenvalue weighted by Crippen LogP contribution is -2.31. The van der Waals surface area contributed by atoms with Crippen molar-refractivity contribution in [2.45, 2.75) is 18.7 Å². The summed E-state index contributed by atoms with van der Waals surface area (Å²) in [6.45, 7) is 3.32. The zero-order valence-electron chi connectivity index (χ0n) is 14.6. The number of hydrogen-bond acceptors (Lipinski definition) is 8. The number of nitrogens with zero attached hydrogens (tertiary/aromatic N) is 3. The molecule has 0 saturated heterocycles. The average Bonchev–Trinajstić information content (AvgIpc) is 3.44. The van der Waals surface area contributed by atoms with E-state index < -0.39 is 0 Å². The summed E-state index contributed by atoms with van der Waals surface area (Å²) in [6.07, 6.45) is 0.